The molecular formula is C10H18N4O2S. The van der Waals surface area contributed by atoms with Crippen LogP contribution in [0.1, 0.15) is 29.3 Å². The van der Waals surface area contributed by atoms with Gasteiger partial charge in [-0.3, -0.25) is 15.1 Å². The zero-order chi connectivity index (χ0) is 12.8. The third-order valence-electron chi connectivity index (χ3n) is 2.36. The SMILES string of the molecule is CC(C)N(CCO)Cc1csc(C(=O)NN)n1. The molecule has 0 aromatic carbocycles. The molecule has 6 nitrogen and oxygen atoms in total. The summed E-state index contributed by atoms with van der Waals surface area (Å²) in [5, 5.41) is 11.1. The van der Waals surface area contributed by atoms with Gasteiger partial charge in [0.25, 0.3) is 5.91 Å². The Morgan fingerprint density at radius 1 is 1.71 bits per heavy atom. The lowest BCUT2D eigenvalue weighted by molar-refractivity contribution is 0.0952. The first kappa shape index (κ1) is 14.0. The Balaban J connectivity index is 2.66. The van der Waals surface area contributed by atoms with Gasteiger partial charge in [-0.05, 0) is 13.8 Å². The van der Waals surface area contributed by atoms with E-state index in [9.17, 15) is 4.79 Å². The van der Waals surface area contributed by atoms with E-state index in [1.165, 1.54) is 11.3 Å². The number of carbonyl (C=O) groups is 1. The van der Waals surface area contributed by atoms with Crippen LogP contribution >= 0.6 is 11.3 Å². The Morgan fingerprint density at radius 3 is 2.94 bits per heavy atom. The molecule has 0 spiro atoms. The number of hydrogen-bond donors (Lipinski definition) is 3. The van der Waals surface area contributed by atoms with E-state index in [-0.39, 0.29) is 12.5 Å². The zero-order valence-electron chi connectivity index (χ0n) is 10.0. The molecule has 0 saturated heterocycles. The Hall–Kier alpha value is -1.02. The van der Waals surface area contributed by atoms with Crippen LogP contribution < -0.4 is 11.3 Å². The topological polar surface area (TPSA) is 91.5 Å². The first-order chi connectivity index (χ1) is 8.08. The highest BCUT2D eigenvalue weighted by molar-refractivity contribution is 7.11. The number of aliphatic hydroxyl groups is 1. The van der Waals surface area contributed by atoms with Crippen molar-refractivity contribution in [2.75, 3.05) is 13.2 Å². The molecule has 17 heavy (non-hydrogen) atoms. The standard InChI is InChI=1S/C10H18N4O2S/c1-7(2)14(3-4-15)5-8-6-17-10(12-8)9(16)13-11/h6-7,15H,3-5,11H2,1-2H3,(H,13,16). The average Bonchev–Trinajstić information content (AvgIpc) is 2.76. The molecule has 0 saturated carbocycles. The molecule has 0 aliphatic rings. The number of thiazole rings is 1. The molecule has 1 aromatic heterocycles. The lowest BCUT2D eigenvalue weighted by atomic mass is 10.3. The van der Waals surface area contributed by atoms with Gasteiger partial charge in [0.2, 0.25) is 0 Å². The normalized spacial score (nSPS) is 11.2. The van der Waals surface area contributed by atoms with Crippen molar-refractivity contribution in [3.05, 3.63) is 16.1 Å². The largest absolute Gasteiger partial charge is 0.395 e. The molecule has 1 amide bonds. The van der Waals surface area contributed by atoms with E-state index < -0.39 is 0 Å². The number of aromatic nitrogens is 1. The summed E-state index contributed by atoms with van der Waals surface area (Å²) in [5.74, 6) is 4.66. The average molecular weight is 258 g/mol. The number of rotatable bonds is 6. The number of nitrogens with one attached hydrogen (secondary N) is 1. The fraction of sp³-hybridized carbons (Fsp3) is 0.600. The highest BCUT2D eigenvalue weighted by Gasteiger charge is 2.14. The van der Waals surface area contributed by atoms with Gasteiger partial charge < -0.3 is 5.11 Å². The van der Waals surface area contributed by atoms with Gasteiger partial charge in [0.1, 0.15) is 0 Å². The van der Waals surface area contributed by atoms with Crippen molar-refractivity contribution in [3.8, 4) is 0 Å². The summed E-state index contributed by atoms with van der Waals surface area (Å²) >= 11 is 1.26. The second-order valence-electron chi connectivity index (χ2n) is 3.91. The predicted octanol–water partition coefficient (Wildman–Crippen LogP) is -0.0507. The van der Waals surface area contributed by atoms with E-state index in [0.717, 1.165) is 5.69 Å². The molecule has 0 bridgehead atoms. The highest BCUT2D eigenvalue weighted by Crippen LogP contribution is 2.13. The molecule has 4 N–H and O–H groups in total. The van der Waals surface area contributed by atoms with Gasteiger partial charge in [0, 0.05) is 24.5 Å². The summed E-state index contributed by atoms with van der Waals surface area (Å²) in [7, 11) is 0. The molecule has 0 radical (unpaired) electrons. The monoisotopic (exact) mass is 258 g/mol. The number of nitrogens with two attached hydrogens (primary N) is 1. The maximum atomic E-state index is 11.2. The molecule has 0 fully saturated rings. The molecule has 7 heteroatoms. The van der Waals surface area contributed by atoms with Gasteiger partial charge in [-0.1, -0.05) is 0 Å². The Kier molecular flexibility index (Phi) is 5.49. The third kappa shape index (κ3) is 4.04. The lowest BCUT2D eigenvalue weighted by Gasteiger charge is -2.24. The van der Waals surface area contributed by atoms with Gasteiger partial charge in [-0.25, -0.2) is 10.8 Å². The number of nitrogen functional groups attached to an aromatic ring is 1. The highest BCUT2D eigenvalue weighted by atomic mass is 32.1. The van der Waals surface area contributed by atoms with Crippen LogP contribution in [0.2, 0.25) is 0 Å². The number of hydrazine groups is 1. The van der Waals surface area contributed by atoms with Gasteiger partial charge in [0.05, 0.1) is 12.3 Å². The van der Waals surface area contributed by atoms with Gasteiger partial charge in [-0.15, -0.1) is 11.3 Å². The first-order valence-corrected chi connectivity index (χ1v) is 6.26. The predicted molar refractivity (Wildman–Crippen MR) is 66.4 cm³/mol. The number of nitrogens with zero attached hydrogens (tertiary/aromatic N) is 2. The van der Waals surface area contributed by atoms with Crippen LogP contribution in [0.3, 0.4) is 0 Å². The lowest BCUT2D eigenvalue weighted by Crippen LogP contribution is -2.33. The number of aliphatic hydroxyl groups excluding tert-OH is 1. The van der Waals surface area contributed by atoms with Crippen molar-refractivity contribution in [2.24, 2.45) is 5.84 Å². The minimum atomic E-state index is -0.375. The smallest absolute Gasteiger partial charge is 0.294 e. The molecule has 1 aromatic rings. The van der Waals surface area contributed by atoms with Gasteiger partial charge in [0.15, 0.2) is 5.01 Å². The van der Waals surface area contributed by atoms with Crippen molar-refractivity contribution in [1.29, 1.82) is 0 Å². The van der Waals surface area contributed by atoms with Gasteiger partial charge in [-0.2, -0.15) is 0 Å². The molecule has 0 aliphatic carbocycles. The minimum Gasteiger partial charge on any atom is -0.395 e. The number of amides is 1. The van der Waals surface area contributed by atoms with Crippen molar-refractivity contribution < 1.29 is 9.90 Å². The van der Waals surface area contributed by atoms with Crippen molar-refractivity contribution in [3.63, 3.8) is 0 Å². The maximum Gasteiger partial charge on any atom is 0.294 e. The van der Waals surface area contributed by atoms with Crippen LogP contribution in [-0.4, -0.2) is 40.1 Å². The second-order valence-corrected chi connectivity index (χ2v) is 4.76. The second kappa shape index (κ2) is 6.65. The molecule has 1 heterocycles. The van der Waals surface area contributed by atoms with Crippen LogP contribution in [-0.2, 0) is 6.54 Å². The molecule has 0 aliphatic heterocycles. The molecule has 0 unspecified atom stereocenters. The van der Waals surface area contributed by atoms with Crippen LogP contribution in [0.15, 0.2) is 5.38 Å². The molecule has 96 valence electrons. The molecular weight excluding hydrogens is 240 g/mol. The van der Waals surface area contributed by atoms with Crippen molar-refractivity contribution in [2.45, 2.75) is 26.4 Å². The van der Waals surface area contributed by atoms with Crippen molar-refractivity contribution >= 4 is 17.2 Å². The summed E-state index contributed by atoms with van der Waals surface area (Å²) < 4.78 is 0. The summed E-state index contributed by atoms with van der Waals surface area (Å²) in [4.78, 5) is 17.5. The Bertz CT molecular complexity index is 367. The minimum absolute atomic E-state index is 0.110. The van der Waals surface area contributed by atoms with E-state index in [4.69, 9.17) is 10.9 Å². The Morgan fingerprint density at radius 2 is 2.41 bits per heavy atom. The van der Waals surface area contributed by atoms with E-state index in [1.807, 2.05) is 5.38 Å². The van der Waals surface area contributed by atoms with E-state index in [1.54, 1.807) is 0 Å². The fourth-order valence-electron chi connectivity index (χ4n) is 1.40. The van der Waals surface area contributed by atoms with E-state index >= 15 is 0 Å². The maximum absolute atomic E-state index is 11.2. The third-order valence-corrected chi connectivity index (χ3v) is 3.25. The summed E-state index contributed by atoms with van der Waals surface area (Å²) in [6.07, 6.45) is 0. The Labute approximate surface area is 104 Å². The van der Waals surface area contributed by atoms with Crippen molar-refractivity contribution in [1.82, 2.24) is 15.3 Å². The molecule has 0 atom stereocenters. The van der Waals surface area contributed by atoms with Crippen LogP contribution in [0, 0.1) is 0 Å². The van der Waals surface area contributed by atoms with E-state index in [2.05, 4.69) is 29.2 Å². The zero-order valence-corrected chi connectivity index (χ0v) is 10.8. The quantitative estimate of drug-likeness (QED) is 0.378. The van der Waals surface area contributed by atoms with Crippen LogP contribution in [0.4, 0.5) is 0 Å². The summed E-state index contributed by atoms with van der Waals surface area (Å²) in [6, 6.07) is 0.315. The van der Waals surface area contributed by atoms with Crippen LogP contribution in [0.5, 0.6) is 0 Å². The fourth-order valence-corrected chi connectivity index (χ4v) is 2.11. The number of hydrogen-bond acceptors (Lipinski definition) is 6. The van der Waals surface area contributed by atoms with Crippen LogP contribution in [0.25, 0.3) is 0 Å². The van der Waals surface area contributed by atoms with E-state index in [0.29, 0.717) is 24.1 Å². The summed E-state index contributed by atoms with van der Waals surface area (Å²) in [6.45, 7) is 5.42. The summed E-state index contributed by atoms with van der Waals surface area (Å²) in [5.41, 5.74) is 2.87. The molecule has 1 rings (SSSR count). The van der Waals surface area contributed by atoms with Gasteiger partial charge >= 0.3 is 0 Å². The first-order valence-electron chi connectivity index (χ1n) is 5.38. The number of carbonyl (C=O) groups excluding carboxylic acids is 1.